The van der Waals surface area contributed by atoms with Crippen molar-refractivity contribution < 1.29 is 23.8 Å². The molecular weight excluding hydrogens is 482 g/mol. The molecule has 8 heteroatoms. The maximum atomic E-state index is 13.1. The summed E-state index contributed by atoms with van der Waals surface area (Å²) >= 11 is 0. The van der Waals surface area contributed by atoms with Gasteiger partial charge in [-0.3, -0.25) is 9.59 Å². The van der Waals surface area contributed by atoms with Crippen molar-refractivity contribution in [3.63, 3.8) is 0 Å². The van der Waals surface area contributed by atoms with Crippen molar-refractivity contribution in [2.75, 3.05) is 45.9 Å². The zero-order valence-electron chi connectivity index (χ0n) is 22.2. The summed E-state index contributed by atoms with van der Waals surface area (Å²) in [6, 6.07) is 20.7. The smallest absolute Gasteiger partial charge is 0.255 e. The quantitative estimate of drug-likeness (QED) is 0.421. The van der Waals surface area contributed by atoms with E-state index in [9.17, 15) is 9.59 Å². The van der Waals surface area contributed by atoms with E-state index in [1.807, 2.05) is 54.6 Å². The second-order valence-electron chi connectivity index (χ2n) is 9.15. The van der Waals surface area contributed by atoms with Gasteiger partial charge < -0.3 is 29.7 Å². The van der Waals surface area contributed by atoms with Crippen molar-refractivity contribution >= 4 is 17.5 Å². The van der Waals surface area contributed by atoms with Crippen LogP contribution in [-0.2, 0) is 6.42 Å². The molecule has 200 valence electrons. The number of amides is 2. The van der Waals surface area contributed by atoms with Crippen LogP contribution in [0.3, 0.4) is 0 Å². The number of hydrogen-bond donors (Lipinski definition) is 2. The molecule has 4 rings (SSSR count). The van der Waals surface area contributed by atoms with Crippen LogP contribution in [0.1, 0.15) is 39.1 Å². The Kier molecular flexibility index (Phi) is 9.08. The van der Waals surface area contributed by atoms with Crippen LogP contribution in [0, 0.1) is 0 Å². The predicted molar refractivity (Wildman–Crippen MR) is 148 cm³/mol. The van der Waals surface area contributed by atoms with Crippen LogP contribution in [0.4, 0.5) is 5.69 Å². The number of carbonyl (C=O) groups excluding carboxylic acids is 2. The van der Waals surface area contributed by atoms with E-state index >= 15 is 0 Å². The Morgan fingerprint density at radius 2 is 1.45 bits per heavy atom. The van der Waals surface area contributed by atoms with Gasteiger partial charge in [-0.05, 0) is 61.2 Å². The molecule has 38 heavy (non-hydrogen) atoms. The first-order chi connectivity index (χ1) is 18.5. The van der Waals surface area contributed by atoms with Crippen LogP contribution in [0.2, 0.25) is 0 Å². The Balaban J connectivity index is 1.32. The summed E-state index contributed by atoms with van der Waals surface area (Å²) in [5.74, 6) is 1.68. The van der Waals surface area contributed by atoms with Crippen LogP contribution < -0.4 is 29.7 Å². The van der Waals surface area contributed by atoms with Gasteiger partial charge in [0.1, 0.15) is 5.75 Å². The number of nitrogens with one attached hydrogen (secondary N) is 2. The maximum absolute atomic E-state index is 13.1. The molecule has 1 fully saturated rings. The van der Waals surface area contributed by atoms with Crippen molar-refractivity contribution in [2.45, 2.75) is 25.3 Å². The molecular formula is C30H35N3O5. The highest BCUT2D eigenvalue weighted by atomic mass is 16.5. The van der Waals surface area contributed by atoms with Crippen LogP contribution in [0.15, 0.2) is 66.7 Å². The molecule has 1 aliphatic rings. The molecule has 2 amide bonds. The van der Waals surface area contributed by atoms with Crippen LogP contribution in [-0.4, -0.2) is 58.8 Å². The molecule has 0 atom stereocenters. The number of ether oxygens (including phenoxy) is 3. The molecule has 1 aliphatic heterocycles. The van der Waals surface area contributed by atoms with Crippen molar-refractivity contribution in [2.24, 2.45) is 0 Å². The first kappa shape index (κ1) is 26.9. The molecule has 0 saturated carbocycles. The van der Waals surface area contributed by atoms with E-state index in [1.54, 1.807) is 33.5 Å². The van der Waals surface area contributed by atoms with Gasteiger partial charge in [0.2, 0.25) is 0 Å². The van der Waals surface area contributed by atoms with Crippen molar-refractivity contribution in [3.8, 4) is 17.2 Å². The first-order valence-electron chi connectivity index (χ1n) is 12.8. The zero-order chi connectivity index (χ0) is 26.9. The average Bonchev–Trinajstić information content (AvgIpc) is 2.97. The monoisotopic (exact) mass is 517 g/mol. The molecule has 3 aromatic carbocycles. The molecule has 1 heterocycles. The minimum atomic E-state index is -0.129. The maximum Gasteiger partial charge on any atom is 0.255 e. The Morgan fingerprint density at radius 3 is 2.16 bits per heavy atom. The van der Waals surface area contributed by atoms with E-state index < -0.39 is 0 Å². The van der Waals surface area contributed by atoms with E-state index in [-0.39, 0.29) is 17.9 Å². The van der Waals surface area contributed by atoms with Crippen molar-refractivity contribution in [1.29, 1.82) is 0 Å². The number of anilines is 1. The second kappa shape index (κ2) is 12.9. The molecule has 0 bridgehead atoms. The normalized spacial score (nSPS) is 13.5. The van der Waals surface area contributed by atoms with E-state index in [2.05, 4.69) is 15.5 Å². The van der Waals surface area contributed by atoms with Gasteiger partial charge in [0.15, 0.2) is 11.5 Å². The van der Waals surface area contributed by atoms with Gasteiger partial charge in [0.25, 0.3) is 11.8 Å². The Bertz CT molecular complexity index is 1250. The summed E-state index contributed by atoms with van der Waals surface area (Å²) in [6.07, 6.45) is 2.25. The lowest BCUT2D eigenvalue weighted by molar-refractivity contribution is 0.0926. The fourth-order valence-electron chi connectivity index (χ4n) is 4.75. The highest BCUT2D eigenvalue weighted by molar-refractivity contribution is 6.00. The fourth-order valence-corrected chi connectivity index (χ4v) is 4.75. The minimum absolute atomic E-state index is 0.0612. The van der Waals surface area contributed by atoms with Gasteiger partial charge in [-0.1, -0.05) is 30.3 Å². The summed E-state index contributed by atoms with van der Waals surface area (Å²) in [7, 11) is 4.78. The van der Waals surface area contributed by atoms with Crippen LogP contribution >= 0.6 is 0 Å². The standard InChI is InChI=1S/C30H35N3O5/c1-36-26-11-7-5-9-24(26)30(35)32-22-15-18-33(19-16-22)25-10-6-4-8-23(25)29(34)31-17-14-21-12-13-27(37-2)28(20-21)38-3/h4-13,20,22H,14-19H2,1-3H3,(H,31,34)(H,32,35). The Labute approximate surface area is 223 Å². The van der Waals surface area contributed by atoms with Crippen LogP contribution in [0.5, 0.6) is 17.2 Å². The summed E-state index contributed by atoms with van der Waals surface area (Å²) < 4.78 is 16.0. The molecule has 0 aromatic heterocycles. The summed E-state index contributed by atoms with van der Waals surface area (Å²) in [6.45, 7) is 1.99. The summed E-state index contributed by atoms with van der Waals surface area (Å²) in [4.78, 5) is 28.1. The lowest BCUT2D eigenvalue weighted by Crippen LogP contribution is -2.45. The molecule has 8 nitrogen and oxygen atoms in total. The van der Waals surface area contributed by atoms with E-state index in [0.717, 1.165) is 37.2 Å². The molecule has 0 aliphatic carbocycles. The SMILES string of the molecule is COc1ccc(CCNC(=O)c2ccccc2N2CCC(NC(=O)c3ccccc3OC)CC2)cc1OC. The number of para-hydroxylation sites is 2. The zero-order valence-corrected chi connectivity index (χ0v) is 22.2. The number of nitrogens with zero attached hydrogens (tertiary/aromatic N) is 1. The van der Waals surface area contributed by atoms with Gasteiger partial charge in [0.05, 0.1) is 32.5 Å². The number of carbonyl (C=O) groups is 2. The first-order valence-corrected chi connectivity index (χ1v) is 12.8. The fraction of sp³-hybridized carbons (Fsp3) is 0.333. The third-order valence-corrected chi connectivity index (χ3v) is 6.82. The minimum Gasteiger partial charge on any atom is -0.496 e. The Morgan fingerprint density at radius 1 is 0.789 bits per heavy atom. The van der Waals surface area contributed by atoms with Crippen molar-refractivity contribution in [3.05, 3.63) is 83.4 Å². The number of methoxy groups -OCH3 is 3. The number of piperidine rings is 1. The number of benzene rings is 3. The molecule has 3 aromatic rings. The summed E-state index contributed by atoms with van der Waals surface area (Å²) in [5.41, 5.74) is 3.14. The number of rotatable bonds is 10. The highest BCUT2D eigenvalue weighted by Gasteiger charge is 2.25. The molecule has 1 saturated heterocycles. The van der Waals surface area contributed by atoms with E-state index in [0.29, 0.717) is 41.3 Å². The highest BCUT2D eigenvalue weighted by Crippen LogP contribution is 2.28. The lowest BCUT2D eigenvalue weighted by atomic mass is 10.0. The van der Waals surface area contributed by atoms with Gasteiger partial charge in [-0.15, -0.1) is 0 Å². The van der Waals surface area contributed by atoms with Gasteiger partial charge in [-0.2, -0.15) is 0 Å². The predicted octanol–water partition coefficient (Wildman–Crippen LogP) is 4.08. The van der Waals surface area contributed by atoms with Gasteiger partial charge >= 0.3 is 0 Å². The lowest BCUT2D eigenvalue weighted by Gasteiger charge is -2.35. The molecule has 2 N–H and O–H groups in total. The Hall–Kier alpha value is -4.20. The molecule has 0 spiro atoms. The topological polar surface area (TPSA) is 89.1 Å². The van der Waals surface area contributed by atoms with E-state index in [4.69, 9.17) is 14.2 Å². The van der Waals surface area contributed by atoms with Crippen LogP contribution in [0.25, 0.3) is 0 Å². The van der Waals surface area contributed by atoms with Gasteiger partial charge in [0, 0.05) is 31.4 Å². The van der Waals surface area contributed by atoms with E-state index in [1.165, 1.54) is 0 Å². The molecule has 0 unspecified atom stereocenters. The second-order valence-corrected chi connectivity index (χ2v) is 9.15. The average molecular weight is 518 g/mol. The van der Waals surface area contributed by atoms with Gasteiger partial charge in [-0.25, -0.2) is 0 Å². The third-order valence-electron chi connectivity index (χ3n) is 6.82. The van der Waals surface area contributed by atoms with Crippen molar-refractivity contribution in [1.82, 2.24) is 10.6 Å². The number of hydrogen-bond acceptors (Lipinski definition) is 6. The largest absolute Gasteiger partial charge is 0.496 e. The third kappa shape index (κ3) is 6.37. The molecule has 0 radical (unpaired) electrons. The summed E-state index contributed by atoms with van der Waals surface area (Å²) in [5, 5.41) is 6.19.